The number of nitrogens with one attached hydrogen (secondary N) is 1. The summed E-state index contributed by atoms with van der Waals surface area (Å²) in [6.07, 6.45) is -5.75. The van der Waals surface area contributed by atoms with Crippen molar-refractivity contribution in [1.82, 2.24) is 0 Å². The Morgan fingerprint density at radius 3 is 2.31 bits per heavy atom. The van der Waals surface area contributed by atoms with Crippen LogP contribution in [-0.4, -0.2) is 23.6 Å². The fraction of sp³-hybridized carbons (Fsp3) is 0.250. The summed E-state index contributed by atoms with van der Waals surface area (Å²) in [5.74, 6) is -3.98. The molecule has 0 saturated heterocycles. The molecule has 0 fully saturated rings. The Morgan fingerprint density at radius 2 is 1.77 bits per heavy atom. The van der Waals surface area contributed by atoms with Crippen LogP contribution < -0.4 is 10.1 Å². The third-order valence-electron chi connectivity index (χ3n) is 3.19. The number of benzene rings is 2. The van der Waals surface area contributed by atoms with Crippen LogP contribution in [0.25, 0.3) is 0 Å². The molecule has 0 aromatic heterocycles. The highest BCUT2D eigenvalue weighted by Gasteiger charge is 2.33. The van der Waals surface area contributed by atoms with Crippen molar-refractivity contribution in [2.75, 3.05) is 17.7 Å². The van der Waals surface area contributed by atoms with Crippen molar-refractivity contribution in [3.8, 4) is 11.5 Å². The summed E-state index contributed by atoms with van der Waals surface area (Å²) in [5.41, 5.74) is -1.16. The SMILES string of the molecule is OC(CCl)CNc1cc(I)ccc1Oc1c(F)cc(C(F)(F)F)cc1F. The standard InChI is InChI=1S/C16H12ClF5INO2/c17-6-10(25)7-24-13-5-9(23)1-2-14(13)26-15-11(18)3-8(4-12(15)19)16(20,21)22/h1-5,10,24-25H,6-7H2. The Morgan fingerprint density at radius 1 is 1.15 bits per heavy atom. The van der Waals surface area contributed by atoms with E-state index in [1.54, 1.807) is 12.1 Å². The van der Waals surface area contributed by atoms with Crippen molar-refractivity contribution < 1.29 is 31.8 Å². The molecule has 142 valence electrons. The highest BCUT2D eigenvalue weighted by molar-refractivity contribution is 14.1. The highest BCUT2D eigenvalue weighted by Crippen LogP contribution is 2.37. The maximum Gasteiger partial charge on any atom is 0.416 e. The van der Waals surface area contributed by atoms with Crippen LogP contribution in [0.4, 0.5) is 27.6 Å². The first-order chi connectivity index (χ1) is 12.1. The van der Waals surface area contributed by atoms with Crippen LogP contribution in [0.2, 0.25) is 0 Å². The lowest BCUT2D eigenvalue weighted by atomic mass is 10.2. The van der Waals surface area contributed by atoms with Gasteiger partial charge in [0.05, 0.1) is 23.2 Å². The molecule has 0 heterocycles. The van der Waals surface area contributed by atoms with Crippen molar-refractivity contribution in [3.05, 3.63) is 51.1 Å². The summed E-state index contributed by atoms with van der Waals surface area (Å²) in [6.45, 7) is 0.0396. The molecule has 0 spiro atoms. The monoisotopic (exact) mass is 507 g/mol. The zero-order valence-corrected chi connectivity index (χ0v) is 15.8. The van der Waals surface area contributed by atoms with Crippen molar-refractivity contribution in [2.45, 2.75) is 12.3 Å². The molecule has 0 aliphatic carbocycles. The first-order valence-corrected chi connectivity index (χ1v) is 8.74. The number of rotatable bonds is 6. The van der Waals surface area contributed by atoms with Gasteiger partial charge in [-0.25, -0.2) is 8.78 Å². The summed E-state index contributed by atoms with van der Waals surface area (Å²) >= 11 is 7.49. The number of alkyl halides is 4. The van der Waals surface area contributed by atoms with E-state index in [0.717, 1.165) is 3.57 Å². The molecule has 0 saturated carbocycles. The van der Waals surface area contributed by atoms with Gasteiger partial charge < -0.3 is 15.2 Å². The Bertz CT molecular complexity index is 765. The van der Waals surface area contributed by atoms with Crippen LogP contribution in [0, 0.1) is 15.2 Å². The van der Waals surface area contributed by atoms with Gasteiger partial charge in [-0.05, 0) is 52.9 Å². The van der Waals surface area contributed by atoms with E-state index in [-0.39, 0.29) is 30.3 Å². The average Bonchev–Trinajstić information content (AvgIpc) is 2.56. The van der Waals surface area contributed by atoms with Gasteiger partial charge in [-0.15, -0.1) is 11.6 Å². The molecule has 0 radical (unpaired) electrons. The second kappa shape index (κ2) is 8.57. The number of halogens is 7. The molecule has 26 heavy (non-hydrogen) atoms. The van der Waals surface area contributed by atoms with Gasteiger partial charge in [-0.3, -0.25) is 0 Å². The Balaban J connectivity index is 2.34. The number of hydrogen-bond acceptors (Lipinski definition) is 3. The van der Waals surface area contributed by atoms with Crippen molar-refractivity contribution >= 4 is 39.9 Å². The van der Waals surface area contributed by atoms with E-state index in [2.05, 4.69) is 5.32 Å². The van der Waals surface area contributed by atoms with E-state index >= 15 is 0 Å². The normalized spacial score (nSPS) is 12.8. The van der Waals surface area contributed by atoms with E-state index in [4.69, 9.17) is 16.3 Å². The van der Waals surface area contributed by atoms with Crippen LogP contribution in [-0.2, 0) is 6.18 Å². The zero-order valence-electron chi connectivity index (χ0n) is 12.9. The molecule has 10 heteroatoms. The fourth-order valence-electron chi connectivity index (χ4n) is 1.94. The summed E-state index contributed by atoms with van der Waals surface area (Å²) in [4.78, 5) is 0. The minimum absolute atomic E-state index is 0.0234. The van der Waals surface area contributed by atoms with E-state index in [0.29, 0.717) is 5.69 Å². The second-order valence-electron chi connectivity index (χ2n) is 5.20. The molecule has 0 aliphatic heterocycles. The topological polar surface area (TPSA) is 41.5 Å². The summed E-state index contributed by atoms with van der Waals surface area (Å²) in [6, 6.07) is 4.88. The van der Waals surface area contributed by atoms with E-state index in [1.165, 1.54) is 6.07 Å². The predicted octanol–water partition coefficient (Wildman–Crippen LogP) is 5.39. The van der Waals surface area contributed by atoms with Crippen molar-refractivity contribution in [3.63, 3.8) is 0 Å². The van der Waals surface area contributed by atoms with Gasteiger partial charge in [0, 0.05) is 10.1 Å². The van der Waals surface area contributed by atoms with Crippen LogP contribution in [0.5, 0.6) is 11.5 Å². The molecule has 1 unspecified atom stereocenters. The van der Waals surface area contributed by atoms with E-state index in [9.17, 15) is 27.1 Å². The molecular formula is C16H12ClF5INO2. The molecule has 2 aromatic rings. The van der Waals surface area contributed by atoms with Crippen LogP contribution in [0.1, 0.15) is 5.56 Å². The molecule has 0 amide bonds. The zero-order chi connectivity index (χ0) is 19.5. The van der Waals surface area contributed by atoms with E-state index in [1.807, 2.05) is 22.6 Å². The lowest BCUT2D eigenvalue weighted by molar-refractivity contribution is -0.138. The highest BCUT2D eigenvalue weighted by atomic mass is 127. The minimum Gasteiger partial charge on any atom is -0.449 e. The lowest BCUT2D eigenvalue weighted by Gasteiger charge is -2.16. The molecule has 2 rings (SSSR count). The maximum absolute atomic E-state index is 14.0. The van der Waals surface area contributed by atoms with Crippen LogP contribution >= 0.6 is 34.2 Å². The number of hydrogen-bond donors (Lipinski definition) is 2. The number of anilines is 1. The number of aliphatic hydroxyl groups is 1. The Kier molecular flexibility index (Phi) is 6.92. The third-order valence-corrected chi connectivity index (χ3v) is 4.21. The van der Waals surface area contributed by atoms with Gasteiger partial charge in [0.2, 0.25) is 0 Å². The van der Waals surface area contributed by atoms with Crippen molar-refractivity contribution in [1.29, 1.82) is 0 Å². The van der Waals surface area contributed by atoms with Gasteiger partial charge in [0.15, 0.2) is 23.1 Å². The number of aliphatic hydroxyl groups excluding tert-OH is 1. The van der Waals surface area contributed by atoms with Crippen molar-refractivity contribution in [2.24, 2.45) is 0 Å². The molecule has 3 nitrogen and oxygen atoms in total. The maximum atomic E-state index is 14.0. The van der Waals surface area contributed by atoms with Gasteiger partial charge in [0.1, 0.15) is 0 Å². The van der Waals surface area contributed by atoms with Gasteiger partial charge >= 0.3 is 6.18 Å². The van der Waals surface area contributed by atoms with E-state index < -0.39 is 35.2 Å². The quantitative estimate of drug-likeness (QED) is 0.313. The molecular weight excluding hydrogens is 496 g/mol. The molecule has 2 N–H and O–H groups in total. The predicted molar refractivity (Wildman–Crippen MR) is 95.8 cm³/mol. The fourth-order valence-corrected chi connectivity index (χ4v) is 2.54. The molecule has 2 aromatic carbocycles. The first kappa shape index (κ1) is 21.0. The first-order valence-electron chi connectivity index (χ1n) is 7.13. The smallest absolute Gasteiger partial charge is 0.416 e. The average molecular weight is 508 g/mol. The Labute approximate surface area is 164 Å². The van der Waals surface area contributed by atoms with Crippen LogP contribution in [0.15, 0.2) is 30.3 Å². The largest absolute Gasteiger partial charge is 0.449 e. The summed E-state index contributed by atoms with van der Waals surface area (Å²) in [7, 11) is 0. The lowest BCUT2D eigenvalue weighted by Crippen LogP contribution is -2.21. The molecule has 0 aliphatic rings. The summed E-state index contributed by atoms with van der Waals surface area (Å²) < 4.78 is 71.7. The summed E-state index contributed by atoms with van der Waals surface area (Å²) in [5, 5.41) is 12.3. The minimum atomic E-state index is -4.88. The van der Waals surface area contributed by atoms with Gasteiger partial charge in [0.25, 0.3) is 0 Å². The second-order valence-corrected chi connectivity index (χ2v) is 6.75. The molecule has 1 atom stereocenters. The molecule has 0 bridgehead atoms. The van der Waals surface area contributed by atoms with Crippen LogP contribution in [0.3, 0.4) is 0 Å². The Hall–Kier alpha value is -1.33. The van der Waals surface area contributed by atoms with Gasteiger partial charge in [-0.2, -0.15) is 13.2 Å². The number of ether oxygens (including phenoxy) is 1. The third kappa shape index (κ3) is 5.34. The van der Waals surface area contributed by atoms with Gasteiger partial charge in [-0.1, -0.05) is 0 Å².